The Morgan fingerprint density at radius 3 is 2.73 bits per heavy atom. The lowest BCUT2D eigenvalue weighted by Crippen LogP contribution is -2.52. The van der Waals surface area contributed by atoms with Crippen molar-refractivity contribution < 1.29 is 9.53 Å². The molecule has 1 fully saturated rings. The van der Waals surface area contributed by atoms with E-state index < -0.39 is 0 Å². The number of fused-ring (bicyclic) bond motifs is 2. The Balaban J connectivity index is 1.41. The average Bonchev–Trinajstić information content (AvgIpc) is 3.31. The van der Waals surface area contributed by atoms with Gasteiger partial charge in [0.2, 0.25) is 0 Å². The number of hydrogen-bond acceptors (Lipinski definition) is 6. The standard InChI is InChI=1S/C29H38N6O2/c1-6-26-28-16-27(31-35(28)17-21(3)30-26)25-15-29(36)34-19-24(10-9-23(34)8-7-20(25)2)33-12-11-32(13-14-37-5)22(4)18-33/h8-10,15-17,19-20,22H,6-7,11-14,18H2,1-5H3. The van der Waals surface area contributed by atoms with Crippen LogP contribution >= 0.6 is 0 Å². The van der Waals surface area contributed by atoms with Gasteiger partial charge in [-0.2, -0.15) is 5.10 Å². The van der Waals surface area contributed by atoms with E-state index in [9.17, 15) is 4.79 Å². The Labute approximate surface area is 219 Å². The fraction of sp³-hybridized carbons (Fsp3) is 0.483. The number of nitrogens with zero attached hydrogens (tertiary/aromatic N) is 6. The maximum absolute atomic E-state index is 13.6. The number of piperazine rings is 1. The summed E-state index contributed by atoms with van der Waals surface area (Å²) in [5, 5.41) is 4.86. The third-order valence-electron chi connectivity index (χ3n) is 7.69. The highest BCUT2D eigenvalue weighted by Gasteiger charge is 2.28. The first-order valence-corrected chi connectivity index (χ1v) is 13.4. The molecule has 3 aliphatic heterocycles. The van der Waals surface area contributed by atoms with E-state index in [4.69, 9.17) is 9.84 Å². The molecule has 0 aromatic carbocycles. The Morgan fingerprint density at radius 1 is 1.16 bits per heavy atom. The van der Waals surface area contributed by atoms with Crippen LogP contribution in [0.1, 0.15) is 44.3 Å². The average molecular weight is 503 g/mol. The van der Waals surface area contributed by atoms with Gasteiger partial charge in [0.05, 0.1) is 41.1 Å². The van der Waals surface area contributed by atoms with Crippen molar-refractivity contribution in [3.63, 3.8) is 0 Å². The molecule has 5 heterocycles. The highest BCUT2D eigenvalue weighted by atomic mass is 16.5. The van der Waals surface area contributed by atoms with Crippen molar-refractivity contribution in [1.82, 2.24) is 29.3 Å². The van der Waals surface area contributed by atoms with Crippen molar-refractivity contribution in [1.29, 1.82) is 0 Å². The van der Waals surface area contributed by atoms with Gasteiger partial charge >= 0.3 is 0 Å². The Bertz CT molecular complexity index is 1300. The van der Waals surface area contributed by atoms with Crippen LogP contribution in [0.4, 0.5) is 0 Å². The van der Waals surface area contributed by atoms with E-state index in [1.165, 1.54) is 0 Å². The zero-order valence-electron chi connectivity index (χ0n) is 22.6. The fourth-order valence-electron chi connectivity index (χ4n) is 5.50. The molecule has 0 N–H and O–H groups in total. The summed E-state index contributed by atoms with van der Waals surface area (Å²) in [6.07, 6.45) is 13.8. The van der Waals surface area contributed by atoms with E-state index in [0.29, 0.717) is 6.04 Å². The molecule has 8 nitrogen and oxygen atoms in total. The number of ether oxygens (including phenoxy) is 1. The molecule has 8 heteroatoms. The number of rotatable bonds is 6. The predicted molar refractivity (Wildman–Crippen MR) is 145 cm³/mol. The molecule has 1 amide bonds. The van der Waals surface area contributed by atoms with Crippen LogP contribution in [0, 0.1) is 12.8 Å². The molecule has 2 aromatic rings. The molecule has 2 aromatic heterocycles. The number of methoxy groups -OCH3 is 1. The molecule has 3 aliphatic rings. The topological polar surface area (TPSA) is 66.2 Å². The molecule has 1 saturated heterocycles. The number of aryl methyl sites for hydroxylation is 2. The van der Waals surface area contributed by atoms with Gasteiger partial charge in [-0.3, -0.25) is 19.6 Å². The zero-order chi connectivity index (χ0) is 26.1. The number of carbonyl (C=O) groups is 1. The van der Waals surface area contributed by atoms with Crippen molar-refractivity contribution >= 4 is 17.0 Å². The summed E-state index contributed by atoms with van der Waals surface area (Å²) in [7, 11) is 1.75. The lowest BCUT2D eigenvalue weighted by Gasteiger charge is -2.42. The van der Waals surface area contributed by atoms with E-state index >= 15 is 0 Å². The highest BCUT2D eigenvalue weighted by Crippen LogP contribution is 2.32. The third kappa shape index (κ3) is 5.13. The van der Waals surface area contributed by atoms with Gasteiger partial charge in [-0.25, -0.2) is 4.52 Å². The summed E-state index contributed by atoms with van der Waals surface area (Å²) in [5.41, 5.74) is 6.79. The Morgan fingerprint density at radius 2 is 1.97 bits per heavy atom. The number of aromatic nitrogens is 3. The maximum atomic E-state index is 13.6. The number of carbonyl (C=O) groups excluding carboxylic acids is 1. The van der Waals surface area contributed by atoms with Crippen LogP contribution in [-0.4, -0.2) is 81.1 Å². The van der Waals surface area contributed by atoms with Crippen LogP contribution in [0.5, 0.6) is 0 Å². The monoisotopic (exact) mass is 502 g/mol. The van der Waals surface area contributed by atoms with Crippen molar-refractivity contribution in [2.24, 2.45) is 5.92 Å². The normalized spacial score (nSPS) is 22.9. The Kier molecular flexibility index (Phi) is 7.31. The lowest BCUT2D eigenvalue weighted by atomic mass is 9.92. The molecule has 0 bridgehead atoms. The van der Waals surface area contributed by atoms with Gasteiger partial charge in [0.1, 0.15) is 0 Å². The number of amides is 1. The molecule has 0 spiro atoms. The molecule has 0 radical (unpaired) electrons. The van der Waals surface area contributed by atoms with E-state index in [2.05, 4.69) is 59.8 Å². The molecule has 37 heavy (non-hydrogen) atoms. The van der Waals surface area contributed by atoms with Crippen molar-refractivity contribution in [3.05, 3.63) is 71.2 Å². The lowest BCUT2D eigenvalue weighted by molar-refractivity contribution is -0.122. The number of hydrogen-bond donors (Lipinski definition) is 0. The smallest absolute Gasteiger partial charge is 0.255 e. The Hall–Kier alpha value is -3.23. The summed E-state index contributed by atoms with van der Waals surface area (Å²) in [4.78, 5) is 24.9. The quantitative estimate of drug-likeness (QED) is 0.599. The van der Waals surface area contributed by atoms with Crippen LogP contribution in [0.3, 0.4) is 0 Å². The van der Waals surface area contributed by atoms with Crippen molar-refractivity contribution in [3.8, 4) is 0 Å². The van der Waals surface area contributed by atoms with Crippen molar-refractivity contribution in [2.45, 2.75) is 46.6 Å². The van der Waals surface area contributed by atoms with Gasteiger partial charge in [0, 0.05) is 57.3 Å². The first-order valence-electron chi connectivity index (χ1n) is 13.4. The first kappa shape index (κ1) is 25.4. The van der Waals surface area contributed by atoms with E-state index in [1.54, 1.807) is 18.1 Å². The minimum Gasteiger partial charge on any atom is -0.383 e. The minimum atomic E-state index is -0.0384. The molecule has 2 unspecified atom stereocenters. The molecule has 196 valence electrons. The zero-order valence-corrected chi connectivity index (χ0v) is 22.6. The van der Waals surface area contributed by atoms with Gasteiger partial charge in [-0.05, 0) is 56.4 Å². The van der Waals surface area contributed by atoms with E-state index in [0.717, 1.165) is 85.2 Å². The molecular weight excluding hydrogens is 464 g/mol. The largest absolute Gasteiger partial charge is 0.383 e. The van der Waals surface area contributed by atoms with E-state index in [-0.39, 0.29) is 11.8 Å². The van der Waals surface area contributed by atoms with Gasteiger partial charge in [-0.15, -0.1) is 0 Å². The van der Waals surface area contributed by atoms with Gasteiger partial charge in [0.15, 0.2) is 0 Å². The predicted octanol–water partition coefficient (Wildman–Crippen LogP) is 3.80. The second-order valence-electron chi connectivity index (χ2n) is 10.3. The fourth-order valence-corrected chi connectivity index (χ4v) is 5.50. The summed E-state index contributed by atoms with van der Waals surface area (Å²) in [6, 6.07) is 2.50. The molecule has 0 saturated carbocycles. The first-order chi connectivity index (χ1) is 17.9. The van der Waals surface area contributed by atoms with Crippen LogP contribution in [-0.2, 0) is 16.0 Å². The van der Waals surface area contributed by atoms with Crippen LogP contribution in [0.2, 0.25) is 0 Å². The SMILES string of the molecule is CCc1nc(C)cn2nc(C3=CC(=O)N4C=C(N5CCN(CCOC)C(C)C5)C=CC4=CCC3C)cc12. The molecule has 2 atom stereocenters. The molecule has 0 aliphatic carbocycles. The van der Waals surface area contributed by atoms with Crippen LogP contribution in [0.15, 0.2) is 54.2 Å². The third-order valence-corrected chi connectivity index (χ3v) is 7.69. The number of allylic oxidation sites excluding steroid dienone is 4. The van der Waals surface area contributed by atoms with Gasteiger partial charge in [0.25, 0.3) is 5.91 Å². The van der Waals surface area contributed by atoms with Crippen LogP contribution < -0.4 is 0 Å². The summed E-state index contributed by atoms with van der Waals surface area (Å²) in [5.74, 6) is 0.131. The van der Waals surface area contributed by atoms with Gasteiger partial charge < -0.3 is 9.64 Å². The molecule has 5 rings (SSSR count). The van der Waals surface area contributed by atoms with Crippen molar-refractivity contribution in [2.75, 3.05) is 39.9 Å². The molecular formula is C29H38N6O2. The highest BCUT2D eigenvalue weighted by molar-refractivity contribution is 5.98. The second kappa shape index (κ2) is 10.6. The summed E-state index contributed by atoms with van der Waals surface area (Å²) >= 11 is 0. The van der Waals surface area contributed by atoms with Crippen LogP contribution in [0.25, 0.3) is 11.1 Å². The second-order valence-corrected chi connectivity index (χ2v) is 10.3. The van der Waals surface area contributed by atoms with Gasteiger partial charge in [-0.1, -0.05) is 19.9 Å². The van der Waals surface area contributed by atoms with E-state index in [1.807, 2.05) is 23.8 Å². The summed E-state index contributed by atoms with van der Waals surface area (Å²) < 4.78 is 7.17. The summed E-state index contributed by atoms with van der Waals surface area (Å²) in [6.45, 7) is 13.0. The maximum Gasteiger partial charge on any atom is 0.255 e. The minimum absolute atomic E-state index is 0.0384.